The van der Waals surface area contributed by atoms with Crippen molar-refractivity contribution in [3.05, 3.63) is 29.6 Å². The van der Waals surface area contributed by atoms with Crippen molar-refractivity contribution in [2.24, 2.45) is 0 Å². The van der Waals surface area contributed by atoms with Gasteiger partial charge in [-0.15, -0.1) is 11.8 Å². The van der Waals surface area contributed by atoms with Crippen LogP contribution in [0.4, 0.5) is 4.39 Å². The highest BCUT2D eigenvalue weighted by Crippen LogP contribution is 2.26. The minimum Gasteiger partial charge on any atom is -0.385 e. The van der Waals surface area contributed by atoms with E-state index < -0.39 is 0 Å². The number of rotatable bonds is 10. The number of halogens is 1. The molecule has 0 radical (unpaired) electrons. The van der Waals surface area contributed by atoms with E-state index in [0.717, 1.165) is 29.2 Å². The molecule has 0 aliphatic heterocycles. The average Bonchev–Trinajstić information content (AvgIpc) is 2.42. The van der Waals surface area contributed by atoms with Crippen molar-refractivity contribution in [1.29, 1.82) is 0 Å². The monoisotopic (exact) mass is 287 g/mol. The van der Waals surface area contributed by atoms with Gasteiger partial charge < -0.3 is 14.8 Å². The summed E-state index contributed by atoms with van der Waals surface area (Å²) in [5.41, 5.74) is 0.999. The molecule has 0 unspecified atom stereocenters. The Hall–Kier alpha value is -0.620. The second-order valence-electron chi connectivity index (χ2n) is 4.09. The summed E-state index contributed by atoms with van der Waals surface area (Å²) in [6.07, 6.45) is 0.923. The Labute approximate surface area is 118 Å². The molecule has 0 atom stereocenters. The Morgan fingerprint density at radius 3 is 2.74 bits per heavy atom. The molecule has 0 fully saturated rings. The van der Waals surface area contributed by atoms with Crippen LogP contribution in [0.3, 0.4) is 0 Å². The Morgan fingerprint density at radius 2 is 2.00 bits per heavy atom. The second-order valence-corrected chi connectivity index (χ2v) is 5.20. The maximum absolute atomic E-state index is 13.8. The third-order valence-corrected chi connectivity index (χ3v) is 3.82. The highest BCUT2D eigenvalue weighted by molar-refractivity contribution is 7.99. The van der Waals surface area contributed by atoms with Crippen molar-refractivity contribution in [2.75, 3.05) is 39.7 Å². The van der Waals surface area contributed by atoms with Crippen LogP contribution in [0.5, 0.6) is 0 Å². The van der Waals surface area contributed by atoms with Crippen molar-refractivity contribution in [1.82, 2.24) is 5.32 Å². The fraction of sp³-hybridized carbons (Fsp3) is 0.571. The SMILES string of the molecule is COCCCSc1c(F)cccc1CNCCOC. The first kappa shape index (κ1) is 16.4. The summed E-state index contributed by atoms with van der Waals surface area (Å²) in [7, 11) is 3.35. The first-order valence-corrected chi connectivity index (χ1v) is 7.37. The molecule has 0 spiro atoms. The number of methoxy groups -OCH3 is 2. The van der Waals surface area contributed by atoms with E-state index in [4.69, 9.17) is 9.47 Å². The summed E-state index contributed by atoms with van der Waals surface area (Å²) in [6.45, 7) is 2.79. The summed E-state index contributed by atoms with van der Waals surface area (Å²) in [6, 6.07) is 5.22. The molecule has 5 heteroatoms. The number of benzene rings is 1. The standard InChI is InChI=1S/C14H22FNO2S/c1-17-8-4-10-19-14-12(5-3-6-13(14)15)11-16-7-9-18-2/h3,5-6,16H,4,7-11H2,1-2H3. The highest BCUT2D eigenvalue weighted by atomic mass is 32.2. The Balaban J connectivity index is 2.51. The lowest BCUT2D eigenvalue weighted by molar-refractivity contribution is 0.199. The van der Waals surface area contributed by atoms with Gasteiger partial charge in [0.15, 0.2) is 0 Å². The van der Waals surface area contributed by atoms with Gasteiger partial charge in [-0.1, -0.05) is 12.1 Å². The molecule has 0 heterocycles. The molecule has 1 rings (SSSR count). The molecule has 0 bridgehead atoms. The van der Waals surface area contributed by atoms with E-state index in [1.54, 1.807) is 32.0 Å². The largest absolute Gasteiger partial charge is 0.385 e. The molecule has 0 aromatic heterocycles. The summed E-state index contributed by atoms with van der Waals surface area (Å²) >= 11 is 1.55. The van der Waals surface area contributed by atoms with Gasteiger partial charge in [0, 0.05) is 44.6 Å². The van der Waals surface area contributed by atoms with Crippen molar-refractivity contribution in [2.45, 2.75) is 17.9 Å². The molecule has 0 amide bonds. The van der Waals surface area contributed by atoms with E-state index in [0.29, 0.717) is 19.8 Å². The van der Waals surface area contributed by atoms with Gasteiger partial charge in [-0.25, -0.2) is 4.39 Å². The van der Waals surface area contributed by atoms with Gasteiger partial charge in [0.05, 0.1) is 6.61 Å². The summed E-state index contributed by atoms with van der Waals surface area (Å²) < 4.78 is 23.8. The Morgan fingerprint density at radius 1 is 1.21 bits per heavy atom. The summed E-state index contributed by atoms with van der Waals surface area (Å²) in [5, 5.41) is 3.24. The average molecular weight is 287 g/mol. The van der Waals surface area contributed by atoms with Gasteiger partial charge in [0.2, 0.25) is 0 Å². The Bertz CT molecular complexity index is 363. The number of hydrogen-bond acceptors (Lipinski definition) is 4. The fourth-order valence-corrected chi connectivity index (χ4v) is 2.63. The lowest BCUT2D eigenvalue weighted by Gasteiger charge is -2.11. The molecule has 0 saturated heterocycles. The molecule has 3 nitrogen and oxygen atoms in total. The van der Waals surface area contributed by atoms with Crippen LogP contribution in [0.15, 0.2) is 23.1 Å². The number of hydrogen-bond donors (Lipinski definition) is 1. The zero-order valence-corrected chi connectivity index (χ0v) is 12.4. The van der Waals surface area contributed by atoms with E-state index in [9.17, 15) is 4.39 Å². The van der Waals surface area contributed by atoms with Crippen molar-refractivity contribution < 1.29 is 13.9 Å². The van der Waals surface area contributed by atoms with E-state index in [-0.39, 0.29) is 5.82 Å². The van der Waals surface area contributed by atoms with Gasteiger partial charge in [0.25, 0.3) is 0 Å². The quantitative estimate of drug-likeness (QED) is 0.529. The van der Waals surface area contributed by atoms with Crippen LogP contribution in [0.25, 0.3) is 0 Å². The molecular weight excluding hydrogens is 265 g/mol. The van der Waals surface area contributed by atoms with Crippen LogP contribution in [0.2, 0.25) is 0 Å². The number of nitrogens with one attached hydrogen (secondary N) is 1. The van der Waals surface area contributed by atoms with E-state index >= 15 is 0 Å². The third kappa shape index (κ3) is 6.38. The third-order valence-electron chi connectivity index (χ3n) is 2.59. The van der Waals surface area contributed by atoms with Crippen LogP contribution >= 0.6 is 11.8 Å². The fourth-order valence-electron chi connectivity index (χ4n) is 1.63. The Kier molecular flexibility index (Phi) is 8.82. The molecule has 1 N–H and O–H groups in total. The zero-order valence-electron chi connectivity index (χ0n) is 11.6. The molecule has 0 aliphatic carbocycles. The van der Waals surface area contributed by atoms with Crippen LogP contribution in [0.1, 0.15) is 12.0 Å². The van der Waals surface area contributed by atoms with Crippen molar-refractivity contribution >= 4 is 11.8 Å². The molecular formula is C14H22FNO2S. The van der Waals surface area contributed by atoms with Crippen LogP contribution in [-0.2, 0) is 16.0 Å². The maximum atomic E-state index is 13.8. The molecule has 1 aromatic rings. The molecule has 0 saturated carbocycles. The van der Waals surface area contributed by atoms with Gasteiger partial charge in [-0.2, -0.15) is 0 Å². The predicted octanol–water partition coefficient (Wildman–Crippen LogP) is 2.69. The van der Waals surface area contributed by atoms with Crippen molar-refractivity contribution in [3.8, 4) is 0 Å². The molecule has 1 aromatic carbocycles. The van der Waals surface area contributed by atoms with Gasteiger partial charge in [-0.05, 0) is 18.1 Å². The highest BCUT2D eigenvalue weighted by Gasteiger charge is 2.08. The van der Waals surface area contributed by atoms with Crippen LogP contribution < -0.4 is 5.32 Å². The first-order valence-electron chi connectivity index (χ1n) is 6.38. The van der Waals surface area contributed by atoms with Crippen LogP contribution in [0, 0.1) is 5.82 Å². The van der Waals surface area contributed by atoms with Gasteiger partial charge in [0.1, 0.15) is 5.82 Å². The van der Waals surface area contributed by atoms with E-state index in [1.165, 1.54) is 6.07 Å². The topological polar surface area (TPSA) is 30.5 Å². The minimum absolute atomic E-state index is 0.145. The molecule has 108 valence electrons. The lowest BCUT2D eigenvalue weighted by Crippen LogP contribution is -2.19. The van der Waals surface area contributed by atoms with Crippen LogP contribution in [-0.4, -0.2) is 39.7 Å². The lowest BCUT2D eigenvalue weighted by atomic mass is 10.2. The second kappa shape index (κ2) is 10.2. The summed E-state index contributed by atoms with van der Waals surface area (Å²) in [4.78, 5) is 0.739. The number of ether oxygens (including phenoxy) is 2. The molecule has 0 aliphatic rings. The van der Waals surface area contributed by atoms with Gasteiger partial charge in [-0.3, -0.25) is 0 Å². The van der Waals surface area contributed by atoms with Gasteiger partial charge >= 0.3 is 0 Å². The zero-order chi connectivity index (χ0) is 13.9. The normalized spacial score (nSPS) is 10.9. The van der Waals surface area contributed by atoms with Crippen molar-refractivity contribution in [3.63, 3.8) is 0 Å². The number of thioether (sulfide) groups is 1. The first-order chi connectivity index (χ1) is 9.29. The van der Waals surface area contributed by atoms with E-state index in [1.807, 2.05) is 6.07 Å². The van der Waals surface area contributed by atoms with E-state index in [2.05, 4.69) is 5.32 Å². The molecule has 19 heavy (non-hydrogen) atoms. The minimum atomic E-state index is -0.145. The maximum Gasteiger partial charge on any atom is 0.137 e. The predicted molar refractivity (Wildman–Crippen MR) is 77.2 cm³/mol. The smallest absolute Gasteiger partial charge is 0.137 e. The summed E-state index contributed by atoms with van der Waals surface area (Å²) in [5.74, 6) is 0.716.